The van der Waals surface area contributed by atoms with Gasteiger partial charge in [-0.2, -0.15) is 0 Å². The third kappa shape index (κ3) is 1.87. The molecule has 2 aliphatic carbocycles. The van der Waals surface area contributed by atoms with Crippen molar-refractivity contribution in [1.29, 1.82) is 0 Å². The lowest BCUT2D eigenvalue weighted by Crippen LogP contribution is -2.52. The van der Waals surface area contributed by atoms with E-state index in [1.165, 1.54) is 25.7 Å². The molecule has 2 saturated carbocycles. The van der Waals surface area contributed by atoms with Crippen LogP contribution in [0.2, 0.25) is 0 Å². The lowest BCUT2D eigenvalue weighted by atomic mass is 9.82. The van der Waals surface area contributed by atoms with Crippen LogP contribution >= 0.6 is 0 Å². The standard InChI is InChI=1S/C15H26N2O/c1-9-3-4-10(2)17(8-9)15(18)13-11-5-6-12(7-11)14(13)16/h9-14H,3-8,16H2,1-2H3. The van der Waals surface area contributed by atoms with Crippen molar-refractivity contribution < 1.29 is 4.79 Å². The highest BCUT2D eigenvalue weighted by molar-refractivity contribution is 5.81. The van der Waals surface area contributed by atoms with Crippen molar-refractivity contribution in [3.8, 4) is 0 Å². The first kappa shape index (κ1) is 12.5. The lowest BCUT2D eigenvalue weighted by Gasteiger charge is -2.40. The fourth-order valence-electron chi connectivity index (χ4n) is 4.49. The van der Waals surface area contributed by atoms with E-state index in [1.807, 2.05) is 0 Å². The van der Waals surface area contributed by atoms with Gasteiger partial charge in [-0.1, -0.05) is 6.92 Å². The van der Waals surface area contributed by atoms with E-state index in [9.17, 15) is 4.79 Å². The molecule has 3 fully saturated rings. The molecule has 1 saturated heterocycles. The van der Waals surface area contributed by atoms with Gasteiger partial charge >= 0.3 is 0 Å². The molecule has 3 aliphatic rings. The minimum atomic E-state index is 0.136. The SMILES string of the molecule is CC1CCC(C)N(C(=O)C2C3CCC(C3)C2N)C1. The van der Waals surface area contributed by atoms with Gasteiger partial charge < -0.3 is 10.6 Å². The molecule has 3 heteroatoms. The van der Waals surface area contributed by atoms with Crippen LogP contribution in [0.3, 0.4) is 0 Å². The average molecular weight is 250 g/mol. The topological polar surface area (TPSA) is 46.3 Å². The second-order valence-electron chi connectivity index (χ2n) is 6.96. The van der Waals surface area contributed by atoms with E-state index in [0.717, 1.165) is 13.0 Å². The van der Waals surface area contributed by atoms with Crippen LogP contribution in [0.1, 0.15) is 46.0 Å². The molecule has 18 heavy (non-hydrogen) atoms. The van der Waals surface area contributed by atoms with Gasteiger partial charge in [0.15, 0.2) is 0 Å². The van der Waals surface area contributed by atoms with Crippen molar-refractivity contribution in [1.82, 2.24) is 4.90 Å². The van der Waals surface area contributed by atoms with E-state index < -0.39 is 0 Å². The number of carbonyl (C=O) groups is 1. The Hall–Kier alpha value is -0.570. The quantitative estimate of drug-likeness (QED) is 0.774. The smallest absolute Gasteiger partial charge is 0.227 e. The second kappa shape index (κ2) is 4.52. The Balaban J connectivity index is 1.74. The zero-order valence-electron chi connectivity index (χ0n) is 11.6. The van der Waals surface area contributed by atoms with Crippen molar-refractivity contribution in [3.63, 3.8) is 0 Å². The van der Waals surface area contributed by atoms with Crippen molar-refractivity contribution >= 4 is 5.91 Å². The predicted molar refractivity (Wildman–Crippen MR) is 71.9 cm³/mol. The number of fused-ring (bicyclic) bond motifs is 2. The van der Waals surface area contributed by atoms with Gasteiger partial charge in [-0.05, 0) is 56.8 Å². The molecular formula is C15H26N2O. The molecule has 0 aromatic rings. The molecule has 2 N–H and O–H groups in total. The molecule has 0 aromatic heterocycles. The van der Waals surface area contributed by atoms with Gasteiger partial charge in [0.1, 0.15) is 0 Å². The summed E-state index contributed by atoms with van der Waals surface area (Å²) in [5.41, 5.74) is 6.30. The predicted octanol–water partition coefficient (Wildman–Crippen LogP) is 2.01. The maximum absolute atomic E-state index is 12.8. The summed E-state index contributed by atoms with van der Waals surface area (Å²) in [7, 11) is 0. The first-order valence-electron chi connectivity index (χ1n) is 7.64. The van der Waals surface area contributed by atoms with Crippen LogP contribution in [-0.4, -0.2) is 29.4 Å². The molecule has 6 atom stereocenters. The zero-order valence-corrected chi connectivity index (χ0v) is 11.6. The summed E-state index contributed by atoms with van der Waals surface area (Å²) in [6.45, 7) is 5.40. The highest BCUT2D eigenvalue weighted by Gasteiger charge is 2.50. The maximum atomic E-state index is 12.8. The van der Waals surface area contributed by atoms with E-state index in [-0.39, 0.29) is 12.0 Å². The van der Waals surface area contributed by atoms with Gasteiger partial charge in [0.25, 0.3) is 0 Å². The van der Waals surface area contributed by atoms with Crippen LogP contribution < -0.4 is 5.73 Å². The van der Waals surface area contributed by atoms with Crippen molar-refractivity contribution in [2.45, 2.75) is 58.0 Å². The number of piperidine rings is 1. The minimum Gasteiger partial charge on any atom is -0.339 e. The number of amides is 1. The normalized spacial score (nSPS) is 47.6. The first-order valence-corrected chi connectivity index (χ1v) is 7.64. The van der Waals surface area contributed by atoms with Crippen LogP contribution in [-0.2, 0) is 4.79 Å². The Morgan fingerprint density at radius 2 is 1.83 bits per heavy atom. The fraction of sp³-hybridized carbons (Fsp3) is 0.933. The Morgan fingerprint density at radius 1 is 1.11 bits per heavy atom. The minimum absolute atomic E-state index is 0.136. The number of hydrogen-bond acceptors (Lipinski definition) is 2. The molecule has 0 spiro atoms. The summed E-state index contributed by atoms with van der Waals surface area (Å²) in [5, 5.41) is 0. The Bertz CT molecular complexity index is 341. The maximum Gasteiger partial charge on any atom is 0.227 e. The summed E-state index contributed by atoms with van der Waals surface area (Å²) in [6.07, 6.45) is 6.10. The largest absolute Gasteiger partial charge is 0.339 e. The van der Waals surface area contributed by atoms with Crippen LogP contribution in [0.5, 0.6) is 0 Å². The van der Waals surface area contributed by atoms with Crippen molar-refractivity contribution in [3.05, 3.63) is 0 Å². The molecule has 1 heterocycles. The second-order valence-corrected chi connectivity index (χ2v) is 6.96. The number of rotatable bonds is 1. The molecule has 1 amide bonds. The average Bonchev–Trinajstić information content (AvgIpc) is 2.92. The molecule has 0 radical (unpaired) electrons. The van der Waals surface area contributed by atoms with E-state index in [4.69, 9.17) is 5.73 Å². The summed E-state index contributed by atoms with van der Waals surface area (Å²) in [6, 6.07) is 0.556. The van der Waals surface area contributed by atoms with Gasteiger partial charge in [0.05, 0.1) is 5.92 Å². The van der Waals surface area contributed by atoms with Crippen LogP contribution in [0.4, 0.5) is 0 Å². The van der Waals surface area contributed by atoms with Gasteiger partial charge in [-0.25, -0.2) is 0 Å². The van der Waals surface area contributed by atoms with Crippen LogP contribution in [0, 0.1) is 23.7 Å². The third-order valence-corrected chi connectivity index (χ3v) is 5.67. The summed E-state index contributed by atoms with van der Waals surface area (Å²) in [4.78, 5) is 14.9. The van der Waals surface area contributed by atoms with Crippen LogP contribution in [0.25, 0.3) is 0 Å². The molecule has 102 valence electrons. The molecule has 0 aromatic carbocycles. The van der Waals surface area contributed by atoms with E-state index in [1.54, 1.807) is 0 Å². The highest BCUT2D eigenvalue weighted by Crippen LogP contribution is 2.48. The monoisotopic (exact) mass is 250 g/mol. The van der Waals surface area contributed by atoms with Crippen molar-refractivity contribution in [2.75, 3.05) is 6.54 Å². The molecule has 3 rings (SSSR count). The third-order valence-electron chi connectivity index (χ3n) is 5.67. The number of likely N-dealkylation sites (tertiary alicyclic amines) is 1. The number of nitrogens with zero attached hydrogens (tertiary/aromatic N) is 1. The fourth-order valence-corrected chi connectivity index (χ4v) is 4.49. The van der Waals surface area contributed by atoms with E-state index in [0.29, 0.717) is 29.7 Å². The van der Waals surface area contributed by atoms with Gasteiger partial charge in [-0.3, -0.25) is 4.79 Å². The van der Waals surface area contributed by atoms with Gasteiger partial charge in [0.2, 0.25) is 5.91 Å². The van der Waals surface area contributed by atoms with Gasteiger partial charge in [0, 0.05) is 18.6 Å². The number of carbonyl (C=O) groups excluding carboxylic acids is 1. The molecule has 3 nitrogen and oxygen atoms in total. The molecule has 6 unspecified atom stereocenters. The zero-order chi connectivity index (χ0) is 12.9. The summed E-state index contributed by atoms with van der Waals surface area (Å²) in [5.74, 6) is 2.37. The van der Waals surface area contributed by atoms with Crippen molar-refractivity contribution in [2.24, 2.45) is 29.4 Å². The Labute approximate surface area is 110 Å². The Morgan fingerprint density at radius 3 is 2.50 bits per heavy atom. The van der Waals surface area contributed by atoms with E-state index >= 15 is 0 Å². The number of nitrogens with two attached hydrogens (primary N) is 1. The number of hydrogen-bond donors (Lipinski definition) is 1. The lowest BCUT2D eigenvalue weighted by molar-refractivity contribution is -0.142. The summed E-state index contributed by atoms with van der Waals surface area (Å²) < 4.78 is 0. The molecular weight excluding hydrogens is 224 g/mol. The highest BCUT2D eigenvalue weighted by atomic mass is 16.2. The molecule has 1 aliphatic heterocycles. The molecule has 2 bridgehead atoms. The first-order chi connectivity index (χ1) is 8.58. The Kier molecular flexibility index (Phi) is 3.13. The van der Waals surface area contributed by atoms with Crippen LogP contribution in [0.15, 0.2) is 0 Å². The van der Waals surface area contributed by atoms with Gasteiger partial charge in [-0.15, -0.1) is 0 Å². The van der Waals surface area contributed by atoms with E-state index in [2.05, 4.69) is 18.7 Å². The summed E-state index contributed by atoms with van der Waals surface area (Å²) >= 11 is 0.